The van der Waals surface area contributed by atoms with Crippen LogP contribution in [0.1, 0.15) is 5.69 Å². The van der Waals surface area contributed by atoms with E-state index in [0.29, 0.717) is 0 Å². The molecule has 52 valence electrons. The second kappa shape index (κ2) is 4.04. The molecule has 1 rings (SSSR count). The zero-order valence-electron chi connectivity index (χ0n) is 5.72. The smallest absolute Gasteiger partial charge is 0.124 e. The molecule has 10 heavy (non-hydrogen) atoms. The first-order valence-electron chi connectivity index (χ1n) is 2.95. The van der Waals surface area contributed by atoms with Gasteiger partial charge in [0.1, 0.15) is 5.69 Å². The molecule has 1 N–H and O–H groups in total. The zero-order chi connectivity index (χ0) is 7.23. The van der Waals surface area contributed by atoms with Gasteiger partial charge in [0.25, 0.3) is 0 Å². The molecule has 0 aromatic carbocycles. The SMILES string of the molecule is CNCC#Cc1cscn1. The average molecular weight is 152 g/mol. The van der Waals surface area contributed by atoms with E-state index in [1.807, 2.05) is 12.4 Å². The van der Waals surface area contributed by atoms with Crippen LogP contribution in [0.2, 0.25) is 0 Å². The van der Waals surface area contributed by atoms with Crippen LogP contribution in [0.4, 0.5) is 0 Å². The Bertz CT molecular complexity index is 230. The molecule has 3 heteroatoms. The van der Waals surface area contributed by atoms with E-state index in [1.165, 1.54) is 0 Å². The molecule has 0 radical (unpaired) electrons. The lowest BCUT2D eigenvalue weighted by Crippen LogP contribution is -2.04. The Hall–Kier alpha value is -0.850. The molecule has 0 aliphatic carbocycles. The second-order valence-corrected chi connectivity index (χ2v) is 2.42. The minimum absolute atomic E-state index is 0.720. The molecule has 0 saturated carbocycles. The predicted molar refractivity (Wildman–Crippen MR) is 42.9 cm³/mol. The first-order chi connectivity index (χ1) is 4.93. The molecule has 1 aromatic rings. The number of nitrogens with zero attached hydrogens (tertiary/aromatic N) is 1. The fourth-order valence-corrected chi connectivity index (χ4v) is 0.981. The van der Waals surface area contributed by atoms with E-state index >= 15 is 0 Å². The maximum absolute atomic E-state index is 4.01. The molecule has 0 fully saturated rings. The third kappa shape index (κ3) is 2.18. The molecule has 2 nitrogen and oxygen atoms in total. The van der Waals surface area contributed by atoms with E-state index in [-0.39, 0.29) is 0 Å². The Balaban J connectivity index is 2.49. The van der Waals surface area contributed by atoms with Crippen molar-refractivity contribution in [2.24, 2.45) is 0 Å². The molecule has 0 amide bonds. The number of hydrogen-bond acceptors (Lipinski definition) is 3. The van der Waals surface area contributed by atoms with Crippen molar-refractivity contribution in [2.45, 2.75) is 0 Å². The summed E-state index contributed by atoms with van der Waals surface area (Å²) in [5.41, 5.74) is 2.64. The molecule has 0 unspecified atom stereocenters. The van der Waals surface area contributed by atoms with Crippen LogP contribution in [0.3, 0.4) is 0 Å². The van der Waals surface area contributed by atoms with Gasteiger partial charge in [-0.1, -0.05) is 5.92 Å². The van der Waals surface area contributed by atoms with E-state index < -0.39 is 0 Å². The number of rotatable bonds is 1. The van der Waals surface area contributed by atoms with Gasteiger partial charge in [0.15, 0.2) is 0 Å². The molecule has 0 atom stereocenters. The van der Waals surface area contributed by atoms with Crippen molar-refractivity contribution in [3.05, 3.63) is 16.6 Å². The Morgan fingerprint density at radius 2 is 2.70 bits per heavy atom. The summed E-state index contributed by atoms with van der Waals surface area (Å²) >= 11 is 1.56. The maximum Gasteiger partial charge on any atom is 0.124 e. The van der Waals surface area contributed by atoms with Gasteiger partial charge in [0, 0.05) is 5.38 Å². The van der Waals surface area contributed by atoms with Crippen molar-refractivity contribution >= 4 is 11.3 Å². The van der Waals surface area contributed by atoms with Crippen LogP contribution in [-0.2, 0) is 0 Å². The summed E-state index contributed by atoms with van der Waals surface area (Å²) in [6.45, 7) is 0.720. The van der Waals surface area contributed by atoms with Gasteiger partial charge in [0.2, 0.25) is 0 Å². The third-order valence-corrected chi connectivity index (χ3v) is 1.50. The third-order valence-electron chi connectivity index (χ3n) is 0.914. The van der Waals surface area contributed by atoms with Gasteiger partial charge < -0.3 is 5.32 Å². The van der Waals surface area contributed by atoms with E-state index in [9.17, 15) is 0 Å². The number of hydrogen-bond donors (Lipinski definition) is 1. The van der Waals surface area contributed by atoms with E-state index in [2.05, 4.69) is 22.1 Å². The highest BCUT2D eigenvalue weighted by Crippen LogP contribution is 1.97. The van der Waals surface area contributed by atoms with Crippen LogP contribution in [0.5, 0.6) is 0 Å². The van der Waals surface area contributed by atoms with Crippen LogP contribution >= 0.6 is 11.3 Å². The van der Waals surface area contributed by atoms with Gasteiger partial charge in [-0.15, -0.1) is 11.3 Å². The fraction of sp³-hybridized carbons (Fsp3) is 0.286. The van der Waals surface area contributed by atoms with E-state index in [1.54, 1.807) is 16.8 Å². The minimum Gasteiger partial charge on any atom is -0.309 e. The molecule has 0 spiro atoms. The van der Waals surface area contributed by atoms with Crippen LogP contribution < -0.4 is 5.32 Å². The highest BCUT2D eigenvalue weighted by molar-refractivity contribution is 7.07. The summed E-state index contributed by atoms with van der Waals surface area (Å²) in [4.78, 5) is 4.01. The van der Waals surface area contributed by atoms with Gasteiger partial charge in [-0.05, 0) is 13.0 Å². The van der Waals surface area contributed by atoms with Gasteiger partial charge in [0.05, 0.1) is 12.1 Å². The predicted octanol–water partition coefficient (Wildman–Crippen LogP) is 0.714. The largest absolute Gasteiger partial charge is 0.309 e. The van der Waals surface area contributed by atoms with Gasteiger partial charge in [-0.2, -0.15) is 0 Å². The number of nitrogens with one attached hydrogen (secondary N) is 1. The Labute approximate surface area is 64.3 Å². The standard InChI is InChI=1S/C7H8N2S/c1-8-4-2-3-7-5-10-6-9-7/h5-6,8H,4H2,1H3. The molecule has 1 aromatic heterocycles. The van der Waals surface area contributed by atoms with Gasteiger partial charge in [-0.25, -0.2) is 4.98 Å². The first-order valence-corrected chi connectivity index (χ1v) is 3.89. The molecule has 0 aliphatic rings. The summed E-state index contributed by atoms with van der Waals surface area (Å²) in [6, 6.07) is 0. The Morgan fingerprint density at radius 3 is 3.30 bits per heavy atom. The highest BCUT2D eigenvalue weighted by atomic mass is 32.1. The van der Waals surface area contributed by atoms with Crippen molar-refractivity contribution < 1.29 is 0 Å². The normalized spacial score (nSPS) is 8.50. The minimum atomic E-state index is 0.720. The first kappa shape index (κ1) is 7.26. The highest BCUT2D eigenvalue weighted by Gasteiger charge is 1.83. The van der Waals surface area contributed by atoms with Crippen LogP contribution in [0, 0.1) is 11.8 Å². The van der Waals surface area contributed by atoms with Crippen LogP contribution in [0.25, 0.3) is 0 Å². The number of thiazole rings is 1. The van der Waals surface area contributed by atoms with E-state index in [0.717, 1.165) is 12.2 Å². The van der Waals surface area contributed by atoms with Gasteiger partial charge >= 0.3 is 0 Å². The quantitative estimate of drug-likeness (QED) is 0.600. The molecular formula is C7H8N2S. The molecule has 0 bridgehead atoms. The zero-order valence-corrected chi connectivity index (χ0v) is 6.53. The summed E-state index contributed by atoms with van der Waals surface area (Å²) in [5.74, 6) is 5.83. The molecule has 1 heterocycles. The summed E-state index contributed by atoms with van der Waals surface area (Å²) < 4.78 is 0. The Morgan fingerprint density at radius 1 is 1.80 bits per heavy atom. The monoisotopic (exact) mass is 152 g/mol. The molecule has 0 aliphatic heterocycles. The van der Waals surface area contributed by atoms with Crippen LogP contribution in [-0.4, -0.2) is 18.6 Å². The second-order valence-electron chi connectivity index (χ2n) is 1.71. The summed E-state index contributed by atoms with van der Waals surface area (Å²) in [7, 11) is 1.87. The average Bonchev–Trinajstić information content (AvgIpc) is 2.41. The molecular weight excluding hydrogens is 144 g/mol. The number of aromatic nitrogens is 1. The van der Waals surface area contributed by atoms with Crippen LogP contribution in [0.15, 0.2) is 10.9 Å². The Kier molecular flexibility index (Phi) is 2.94. The maximum atomic E-state index is 4.01. The lowest BCUT2D eigenvalue weighted by atomic mass is 10.5. The topological polar surface area (TPSA) is 24.9 Å². The van der Waals surface area contributed by atoms with E-state index in [4.69, 9.17) is 0 Å². The summed E-state index contributed by atoms with van der Waals surface area (Å²) in [5, 5.41) is 4.87. The fourth-order valence-electron chi connectivity index (χ4n) is 0.497. The van der Waals surface area contributed by atoms with Crippen molar-refractivity contribution in [1.82, 2.24) is 10.3 Å². The van der Waals surface area contributed by atoms with Crippen molar-refractivity contribution in [1.29, 1.82) is 0 Å². The molecule has 0 saturated heterocycles. The lowest BCUT2D eigenvalue weighted by Gasteiger charge is -1.80. The van der Waals surface area contributed by atoms with Crippen molar-refractivity contribution in [3.8, 4) is 11.8 Å². The van der Waals surface area contributed by atoms with Crippen molar-refractivity contribution in [3.63, 3.8) is 0 Å². The van der Waals surface area contributed by atoms with Crippen molar-refractivity contribution in [2.75, 3.05) is 13.6 Å². The lowest BCUT2D eigenvalue weighted by molar-refractivity contribution is 0.938. The van der Waals surface area contributed by atoms with Gasteiger partial charge in [-0.3, -0.25) is 0 Å². The summed E-state index contributed by atoms with van der Waals surface area (Å²) in [6.07, 6.45) is 0.